The number of hydrazone groups is 1. The molecule has 1 aliphatic rings. The Morgan fingerprint density at radius 1 is 1.39 bits per heavy atom. The quantitative estimate of drug-likeness (QED) is 0.818. The maximum Gasteiger partial charge on any atom is 0.204 e. The van der Waals surface area contributed by atoms with Crippen LogP contribution in [0.3, 0.4) is 0 Å². The van der Waals surface area contributed by atoms with Gasteiger partial charge >= 0.3 is 0 Å². The van der Waals surface area contributed by atoms with Gasteiger partial charge in [0.25, 0.3) is 0 Å². The number of benzene rings is 1. The van der Waals surface area contributed by atoms with Crippen LogP contribution in [0.1, 0.15) is 32.6 Å². The summed E-state index contributed by atoms with van der Waals surface area (Å²) in [6, 6.07) is 8.18. The third-order valence-corrected chi connectivity index (χ3v) is 4.29. The number of nitrogens with zero attached hydrogens (tertiary/aromatic N) is 2. The van der Waals surface area contributed by atoms with Crippen molar-refractivity contribution >= 4 is 32.4 Å². The zero-order valence-corrected chi connectivity index (χ0v) is 11.3. The van der Waals surface area contributed by atoms with Crippen LogP contribution in [0.4, 0.5) is 5.13 Å². The Balaban J connectivity index is 1.74. The lowest BCUT2D eigenvalue weighted by Crippen LogP contribution is -2.13. The first-order chi connectivity index (χ1) is 8.81. The number of rotatable bonds is 2. The van der Waals surface area contributed by atoms with Crippen LogP contribution >= 0.6 is 11.3 Å². The van der Waals surface area contributed by atoms with Crippen LogP contribution in [0.5, 0.6) is 0 Å². The van der Waals surface area contributed by atoms with E-state index in [0.717, 1.165) is 29.4 Å². The Morgan fingerprint density at radius 3 is 3.11 bits per heavy atom. The molecule has 0 radical (unpaired) electrons. The van der Waals surface area contributed by atoms with Crippen molar-refractivity contribution in [2.75, 3.05) is 5.43 Å². The molecule has 0 bridgehead atoms. The Hall–Kier alpha value is -1.42. The summed E-state index contributed by atoms with van der Waals surface area (Å²) in [5.74, 6) is 0.773. The molecule has 18 heavy (non-hydrogen) atoms. The fraction of sp³-hybridized carbons (Fsp3) is 0.429. The summed E-state index contributed by atoms with van der Waals surface area (Å²) < 4.78 is 1.21. The number of thiazole rings is 1. The largest absolute Gasteiger partial charge is 0.253 e. The lowest BCUT2D eigenvalue weighted by atomic mass is 9.89. The second-order valence-electron chi connectivity index (χ2n) is 4.98. The Kier molecular flexibility index (Phi) is 3.28. The molecule has 1 atom stereocenters. The van der Waals surface area contributed by atoms with Crippen LogP contribution in [-0.4, -0.2) is 10.7 Å². The summed E-state index contributed by atoms with van der Waals surface area (Å²) in [5.41, 5.74) is 5.45. The number of nitrogens with one attached hydrogen (secondary N) is 1. The van der Waals surface area contributed by atoms with Crippen molar-refractivity contribution in [1.29, 1.82) is 0 Å². The molecule has 0 spiro atoms. The number of hydrogen-bond acceptors (Lipinski definition) is 4. The van der Waals surface area contributed by atoms with E-state index in [9.17, 15) is 0 Å². The molecule has 0 aliphatic heterocycles. The van der Waals surface area contributed by atoms with Crippen LogP contribution < -0.4 is 5.43 Å². The molecule has 0 unspecified atom stereocenters. The van der Waals surface area contributed by atoms with Crippen molar-refractivity contribution in [3.05, 3.63) is 24.3 Å². The minimum atomic E-state index is 0.773. The van der Waals surface area contributed by atoms with Crippen LogP contribution in [-0.2, 0) is 0 Å². The topological polar surface area (TPSA) is 37.3 Å². The fourth-order valence-corrected chi connectivity index (χ4v) is 3.22. The van der Waals surface area contributed by atoms with Gasteiger partial charge in [-0.1, -0.05) is 30.4 Å². The highest BCUT2D eigenvalue weighted by Crippen LogP contribution is 2.26. The molecule has 1 aromatic heterocycles. The van der Waals surface area contributed by atoms with E-state index < -0.39 is 0 Å². The van der Waals surface area contributed by atoms with Gasteiger partial charge in [0.15, 0.2) is 0 Å². The van der Waals surface area contributed by atoms with Crippen molar-refractivity contribution in [3.8, 4) is 0 Å². The van der Waals surface area contributed by atoms with Crippen molar-refractivity contribution < 1.29 is 0 Å². The molecule has 3 nitrogen and oxygen atoms in total. The lowest BCUT2D eigenvalue weighted by molar-refractivity contribution is 0.500. The highest BCUT2D eigenvalue weighted by molar-refractivity contribution is 7.22. The van der Waals surface area contributed by atoms with Gasteiger partial charge in [0, 0.05) is 5.71 Å². The predicted molar refractivity (Wildman–Crippen MR) is 78.3 cm³/mol. The molecule has 1 fully saturated rings. The van der Waals surface area contributed by atoms with Gasteiger partial charge in [-0.3, -0.25) is 5.43 Å². The molecular formula is C14H17N3S. The third-order valence-electron chi connectivity index (χ3n) is 3.35. The second-order valence-corrected chi connectivity index (χ2v) is 6.01. The predicted octanol–water partition coefficient (Wildman–Crippen LogP) is 4.27. The van der Waals surface area contributed by atoms with Crippen LogP contribution in [0.2, 0.25) is 0 Å². The first-order valence-corrected chi connectivity index (χ1v) is 7.30. The normalized spacial score (nSPS) is 22.5. The first kappa shape index (κ1) is 11.7. The maximum absolute atomic E-state index is 4.52. The average Bonchev–Trinajstić information content (AvgIpc) is 2.79. The van der Waals surface area contributed by atoms with E-state index in [2.05, 4.69) is 28.5 Å². The summed E-state index contributed by atoms with van der Waals surface area (Å²) in [5, 5.41) is 5.40. The summed E-state index contributed by atoms with van der Waals surface area (Å²) >= 11 is 1.66. The molecule has 94 valence electrons. The van der Waals surface area contributed by atoms with Gasteiger partial charge < -0.3 is 0 Å². The van der Waals surface area contributed by atoms with Crippen molar-refractivity contribution in [2.45, 2.75) is 32.6 Å². The number of anilines is 1. The van der Waals surface area contributed by atoms with E-state index >= 15 is 0 Å². The van der Waals surface area contributed by atoms with E-state index in [1.807, 2.05) is 18.2 Å². The van der Waals surface area contributed by atoms with Gasteiger partial charge in [-0.2, -0.15) is 5.10 Å². The van der Waals surface area contributed by atoms with Crippen LogP contribution in [0, 0.1) is 5.92 Å². The molecule has 0 saturated heterocycles. The van der Waals surface area contributed by atoms with Crippen LogP contribution in [0.15, 0.2) is 29.4 Å². The SMILES string of the molecule is C[C@@H]1CCC/C(=N\Nc2nc3ccccc3s2)C1. The summed E-state index contributed by atoms with van der Waals surface area (Å²) in [6.45, 7) is 2.30. The van der Waals surface area contributed by atoms with E-state index in [1.54, 1.807) is 11.3 Å². The van der Waals surface area contributed by atoms with E-state index in [-0.39, 0.29) is 0 Å². The van der Waals surface area contributed by atoms with E-state index in [1.165, 1.54) is 23.3 Å². The minimum Gasteiger partial charge on any atom is -0.253 e. The maximum atomic E-state index is 4.52. The molecule has 1 aromatic carbocycles. The lowest BCUT2D eigenvalue weighted by Gasteiger charge is -2.18. The molecule has 3 rings (SSSR count). The molecule has 4 heteroatoms. The molecule has 1 saturated carbocycles. The Labute approximate surface area is 111 Å². The fourth-order valence-electron chi connectivity index (χ4n) is 2.41. The van der Waals surface area contributed by atoms with Gasteiger partial charge in [0.05, 0.1) is 10.2 Å². The highest BCUT2D eigenvalue weighted by Gasteiger charge is 2.14. The third kappa shape index (κ3) is 2.53. The summed E-state index contributed by atoms with van der Waals surface area (Å²) in [6.07, 6.45) is 4.85. The first-order valence-electron chi connectivity index (χ1n) is 6.48. The number of aromatic nitrogens is 1. The Morgan fingerprint density at radius 2 is 2.28 bits per heavy atom. The van der Waals surface area contributed by atoms with Crippen molar-refractivity contribution in [2.24, 2.45) is 11.0 Å². The van der Waals surface area contributed by atoms with Gasteiger partial charge in [0.2, 0.25) is 5.13 Å². The average molecular weight is 259 g/mol. The zero-order valence-electron chi connectivity index (χ0n) is 10.5. The van der Waals surface area contributed by atoms with Gasteiger partial charge in [0.1, 0.15) is 0 Å². The van der Waals surface area contributed by atoms with E-state index in [4.69, 9.17) is 0 Å². The smallest absolute Gasteiger partial charge is 0.204 e. The van der Waals surface area contributed by atoms with Gasteiger partial charge in [-0.15, -0.1) is 0 Å². The minimum absolute atomic E-state index is 0.773. The molecule has 0 amide bonds. The summed E-state index contributed by atoms with van der Waals surface area (Å²) in [4.78, 5) is 4.52. The number of hydrogen-bond donors (Lipinski definition) is 1. The Bertz CT molecular complexity index is 540. The molecule has 1 heterocycles. The van der Waals surface area contributed by atoms with Gasteiger partial charge in [-0.05, 0) is 43.7 Å². The molecule has 1 N–H and O–H groups in total. The molecule has 1 aliphatic carbocycles. The monoisotopic (exact) mass is 259 g/mol. The van der Waals surface area contributed by atoms with Crippen molar-refractivity contribution in [1.82, 2.24) is 4.98 Å². The summed E-state index contributed by atoms with van der Waals surface area (Å²) in [7, 11) is 0. The zero-order chi connectivity index (χ0) is 12.4. The number of fused-ring (bicyclic) bond motifs is 1. The highest BCUT2D eigenvalue weighted by atomic mass is 32.1. The van der Waals surface area contributed by atoms with Crippen molar-refractivity contribution in [3.63, 3.8) is 0 Å². The van der Waals surface area contributed by atoms with Crippen LogP contribution in [0.25, 0.3) is 10.2 Å². The van der Waals surface area contributed by atoms with Gasteiger partial charge in [-0.25, -0.2) is 4.98 Å². The molecule has 2 aromatic rings. The molecular weight excluding hydrogens is 242 g/mol. The second kappa shape index (κ2) is 5.06. The number of para-hydroxylation sites is 1. The van der Waals surface area contributed by atoms with E-state index in [0.29, 0.717) is 0 Å². The standard InChI is InChI=1S/C14H17N3S/c1-10-5-4-6-11(9-10)16-17-14-15-12-7-2-3-8-13(12)18-14/h2-3,7-8,10H,4-6,9H2,1H3,(H,15,17)/b16-11+/t10-/m1/s1.